The number of sulfonamides is 1. The van der Waals surface area contributed by atoms with E-state index in [4.69, 9.17) is 4.74 Å². The molecule has 30 heavy (non-hydrogen) atoms. The first-order chi connectivity index (χ1) is 14.2. The van der Waals surface area contributed by atoms with Gasteiger partial charge in [0.1, 0.15) is 16.7 Å². The fourth-order valence-corrected chi connectivity index (χ4v) is 5.76. The minimum absolute atomic E-state index is 0.0859. The third-order valence-electron chi connectivity index (χ3n) is 5.30. The Morgan fingerprint density at radius 2 is 2.17 bits per heavy atom. The van der Waals surface area contributed by atoms with Gasteiger partial charge in [-0.1, -0.05) is 28.9 Å². The number of benzene rings is 1. The van der Waals surface area contributed by atoms with Crippen LogP contribution in [0.3, 0.4) is 0 Å². The van der Waals surface area contributed by atoms with Crippen LogP contribution in [0.15, 0.2) is 52.1 Å². The van der Waals surface area contributed by atoms with E-state index in [1.807, 2.05) is 32.3 Å². The van der Waals surface area contributed by atoms with Crippen molar-refractivity contribution in [3.05, 3.63) is 52.8 Å². The number of ether oxygens (including phenoxy) is 1. The van der Waals surface area contributed by atoms with Crippen LogP contribution < -0.4 is 4.74 Å². The summed E-state index contributed by atoms with van der Waals surface area (Å²) in [4.78, 5) is 6.43. The van der Waals surface area contributed by atoms with Gasteiger partial charge in [-0.2, -0.15) is 4.31 Å². The van der Waals surface area contributed by atoms with E-state index < -0.39 is 16.1 Å². The number of aliphatic hydroxyl groups is 1. The highest BCUT2D eigenvalue weighted by atomic mass is 79.9. The second-order valence-electron chi connectivity index (χ2n) is 7.89. The molecule has 0 amide bonds. The third kappa shape index (κ3) is 5.20. The summed E-state index contributed by atoms with van der Waals surface area (Å²) in [6.45, 7) is 5.05. The van der Waals surface area contributed by atoms with Crippen molar-refractivity contribution >= 4 is 26.0 Å². The average Bonchev–Trinajstić information content (AvgIpc) is 2.70. The highest BCUT2D eigenvalue weighted by Crippen LogP contribution is 2.35. The molecule has 0 fully saturated rings. The molecule has 2 heterocycles. The second-order valence-corrected chi connectivity index (χ2v) is 10.7. The van der Waals surface area contributed by atoms with Crippen LogP contribution in [-0.2, 0) is 16.6 Å². The van der Waals surface area contributed by atoms with E-state index in [9.17, 15) is 13.5 Å². The Hall–Kier alpha value is -1.52. The number of halogens is 1. The molecule has 0 aliphatic carbocycles. The van der Waals surface area contributed by atoms with E-state index in [0.29, 0.717) is 18.8 Å². The van der Waals surface area contributed by atoms with E-state index in [0.717, 1.165) is 10.0 Å². The molecule has 0 saturated carbocycles. The monoisotopic (exact) mass is 497 g/mol. The summed E-state index contributed by atoms with van der Waals surface area (Å²) in [6.07, 6.45) is 3.35. The normalized spacial score (nSPS) is 22.6. The topological polar surface area (TPSA) is 83.0 Å². The summed E-state index contributed by atoms with van der Waals surface area (Å²) >= 11 is 3.42. The van der Waals surface area contributed by atoms with Gasteiger partial charge in [0.2, 0.25) is 10.0 Å². The lowest BCUT2D eigenvalue weighted by Crippen LogP contribution is -2.49. The molecule has 2 aromatic rings. The Labute approximate surface area is 186 Å². The molecule has 164 valence electrons. The standard InChI is InChI=1S/C21H28BrN3O4S/c1-15-11-25(16(2)14-26)30(27,28)21-7-6-18(22)9-19(21)29-20(15)13-24(3)12-17-5-4-8-23-10-17/h4-10,15-16,20,26H,11-14H2,1-3H3/t15-,16+,20-/m0/s1. The maximum atomic E-state index is 13.3. The first kappa shape index (κ1) is 23.1. The lowest BCUT2D eigenvalue weighted by Gasteiger charge is -2.37. The number of hydrogen-bond acceptors (Lipinski definition) is 6. The molecule has 0 unspecified atom stereocenters. The molecule has 9 heteroatoms. The van der Waals surface area contributed by atoms with Gasteiger partial charge < -0.3 is 9.84 Å². The Morgan fingerprint density at radius 1 is 1.40 bits per heavy atom. The number of aromatic nitrogens is 1. The van der Waals surface area contributed by atoms with Gasteiger partial charge in [-0.25, -0.2) is 8.42 Å². The summed E-state index contributed by atoms with van der Waals surface area (Å²) < 4.78 is 35.0. The molecule has 0 radical (unpaired) electrons. The number of pyridine rings is 1. The van der Waals surface area contributed by atoms with Crippen molar-refractivity contribution in [2.45, 2.75) is 37.4 Å². The predicted molar refractivity (Wildman–Crippen MR) is 119 cm³/mol. The van der Waals surface area contributed by atoms with Crippen molar-refractivity contribution in [2.24, 2.45) is 5.92 Å². The molecule has 1 aliphatic heterocycles. The zero-order chi connectivity index (χ0) is 21.9. The first-order valence-corrected chi connectivity index (χ1v) is 12.1. The molecule has 0 spiro atoms. The largest absolute Gasteiger partial charge is 0.487 e. The van der Waals surface area contributed by atoms with Crippen molar-refractivity contribution < 1.29 is 18.3 Å². The quantitative estimate of drug-likeness (QED) is 0.660. The Bertz CT molecular complexity index is 958. The molecule has 1 aromatic carbocycles. The number of nitrogens with zero attached hydrogens (tertiary/aromatic N) is 3. The zero-order valence-corrected chi connectivity index (χ0v) is 19.8. The van der Waals surface area contributed by atoms with Gasteiger partial charge in [0, 0.05) is 48.5 Å². The zero-order valence-electron chi connectivity index (χ0n) is 17.4. The average molecular weight is 498 g/mol. The van der Waals surface area contributed by atoms with Crippen molar-refractivity contribution in [1.29, 1.82) is 0 Å². The molecule has 0 saturated heterocycles. The number of likely N-dealkylation sites (N-methyl/N-ethyl adjacent to an activating group) is 1. The van der Waals surface area contributed by atoms with Gasteiger partial charge >= 0.3 is 0 Å². The van der Waals surface area contributed by atoms with E-state index in [2.05, 4.69) is 25.8 Å². The van der Waals surface area contributed by atoms with Gasteiger partial charge in [-0.3, -0.25) is 9.88 Å². The first-order valence-electron chi connectivity index (χ1n) is 9.88. The third-order valence-corrected chi connectivity index (χ3v) is 7.81. The van der Waals surface area contributed by atoms with Crippen LogP contribution in [0.2, 0.25) is 0 Å². The van der Waals surface area contributed by atoms with Crippen LogP contribution in [-0.4, -0.2) is 66.6 Å². The summed E-state index contributed by atoms with van der Waals surface area (Å²) in [5, 5.41) is 9.68. The van der Waals surface area contributed by atoms with Crippen molar-refractivity contribution in [3.63, 3.8) is 0 Å². The number of hydrogen-bond donors (Lipinski definition) is 1. The summed E-state index contributed by atoms with van der Waals surface area (Å²) in [5.74, 6) is 0.239. The Kier molecular flexibility index (Phi) is 7.52. The molecular weight excluding hydrogens is 470 g/mol. The molecule has 1 N–H and O–H groups in total. The molecule has 1 aliphatic rings. The van der Waals surface area contributed by atoms with E-state index in [-0.39, 0.29) is 30.1 Å². The summed E-state index contributed by atoms with van der Waals surface area (Å²) in [6, 6.07) is 8.34. The van der Waals surface area contributed by atoms with Gasteiger partial charge in [0.15, 0.2) is 0 Å². The van der Waals surface area contributed by atoms with Gasteiger partial charge in [0.05, 0.1) is 6.61 Å². The van der Waals surface area contributed by atoms with E-state index in [1.54, 1.807) is 31.3 Å². The van der Waals surface area contributed by atoms with Gasteiger partial charge in [0.25, 0.3) is 0 Å². The van der Waals surface area contributed by atoms with Crippen molar-refractivity contribution in [3.8, 4) is 5.75 Å². The molecular formula is C21H28BrN3O4S. The minimum Gasteiger partial charge on any atom is -0.487 e. The van der Waals surface area contributed by atoms with Gasteiger partial charge in [-0.15, -0.1) is 0 Å². The number of fused-ring (bicyclic) bond motifs is 1. The highest BCUT2D eigenvalue weighted by Gasteiger charge is 2.38. The molecule has 1 aromatic heterocycles. The lowest BCUT2D eigenvalue weighted by molar-refractivity contribution is 0.0733. The predicted octanol–water partition coefficient (Wildman–Crippen LogP) is 2.74. The molecule has 3 atom stereocenters. The molecule has 7 nitrogen and oxygen atoms in total. The number of aliphatic hydroxyl groups excluding tert-OH is 1. The van der Waals surface area contributed by atoms with Crippen LogP contribution in [0.1, 0.15) is 19.4 Å². The van der Waals surface area contributed by atoms with E-state index in [1.165, 1.54) is 4.31 Å². The summed E-state index contributed by atoms with van der Waals surface area (Å²) in [5.41, 5.74) is 1.10. The van der Waals surface area contributed by atoms with Crippen LogP contribution in [0.5, 0.6) is 5.75 Å². The minimum atomic E-state index is -3.80. The lowest BCUT2D eigenvalue weighted by atomic mass is 10.0. The highest BCUT2D eigenvalue weighted by molar-refractivity contribution is 9.10. The van der Waals surface area contributed by atoms with Crippen LogP contribution in [0, 0.1) is 5.92 Å². The van der Waals surface area contributed by atoms with Crippen molar-refractivity contribution in [2.75, 3.05) is 26.7 Å². The van der Waals surface area contributed by atoms with Crippen molar-refractivity contribution in [1.82, 2.24) is 14.2 Å². The molecule has 0 bridgehead atoms. The van der Waals surface area contributed by atoms with E-state index >= 15 is 0 Å². The van der Waals surface area contributed by atoms with Gasteiger partial charge in [-0.05, 0) is 43.8 Å². The van der Waals surface area contributed by atoms with Crippen LogP contribution in [0.25, 0.3) is 0 Å². The maximum Gasteiger partial charge on any atom is 0.247 e. The Balaban J connectivity index is 1.92. The smallest absolute Gasteiger partial charge is 0.247 e. The van der Waals surface area contributed by atoms with Crippen LogP contribution in [0.4, 0.5) is 0 Å². The number of rotatable bonds is 6. The van der Waals surface area contributed by atoms with Crippen LogP contribution >= 0.6 is 15.9 Å². The SMILES string of the molecule is C[C@H](CO)N1C[C@H](C)[C@H](CN(C)Cc2cccnc2)Oc2cc(Br)ccc2S1(=O)=O. The fraction of sp³-hybridized carbons (Fsp3) is 0.476. The summed E-state index contributed by atoms with van der Waals surface area (Å²) in [7, 11) is -1.79. The molecule has 3 rings (SSSR count). The maximum absolute atomic E-state index is 13.3. The Morgan fingerprint density at radius 3 is 2.83 bits per heavy atom. The second kappa shape index (κ2) is 9.74. The fourth-order valence-electron chi connectivity index (χ4n) is 3.59.